The van der Waals surface area contributed by atoms with E-state index in [-0.39, 0.29) is 5.91 Å². The van der Waals surface area contributed by atoms with E-state index in [0.717, 1.165) is 19.4 Å². The van der Waals surface area contributed by atoms with Crippen LogP contribution in [0.25, 0.3) is 0 Å². The lowest BCUT2D eigenvalue weighted by molar-refractivity contribution is -0.122. The van der Waals surface area contributed by atoms with Gasteiger partial charge in [0.15, 0.2) is 0 Å². The van der Waals surface area contributed by atoms with Gasteiger partial charge in [-0.1, -0.05) is 19.3 Å². The zero-order chi connectivity index (χ0) is 11.4. The fraction of sp³-hybridized carbons (Fsp3) is 0.923. The fourth-order valence-electron chi connectivity index (χ4n) is 2.77. The molecule has 0 aromatic carbocycles. The van der Waals surface area contributed by atoms with E-state index in [1.165, 1.54) is 38.5 Å². The van der Waals surface area contributed by atoms with Crippen LogP contribution in [0.15, 0.2) is 0 Å². The average Bonchev–Trinajstić information content (AvgIpc) is 2.22. The predicted molar refractivity (Wildman–Crippen MR) is 64.9 cm³/mol. The number of hydrogen-bond donors (Lipinski definition) is 2. The van der Waals surface area contributed by atoms with E-state index < -0.39 is 0 Å². The molecule has 2 unspecified atom stereocenters. The number of carbonyl (C=O) groups excluding carboxylic acids is 1. The van der Waals surface area contributed by atoms with Crippen molar-refractivity contribution in [3.63, 3.8) is 0 Å². The maximum absolute atomic E-state index is 11.6. The maximum Gasteiger partial charge on any atom is 0.220 e. The Labute approximate surface area is 98.2 Å². The highest BCUT2D eigenvalue weighted by Crippen LogP contribution is 2.29. The highest BCUT2D eigenvalue weighted by molar-refractivity contribution is 5.76. The molecule has 0 radical (unpaired) electrons. The second-order valence-electron chi connectivity index (χ2n) is 5.51. The Morgan fingerprint density at radius 3 is 2.50 bits per heavy atom. The number of carbonyl (C=O) groups is 1. The summed E-state index contributed by atoms with van der Waals surface area (Å²) < 4.78 is 0. The Hall–Kier alpha value is -0.570. The molecule has 1 amide bonds. The number of hydrogen-bond acceptors (Lipinski definition) is 2. The molecule has 0 heterocycles. The van der Waals surface area contributed by atoms with Crippen LogP contribution in [-0.4, -0.2) is 18.5 Å². The molecule has 0 aliphatic heterocycles. The maximum atomic E-state index is 11.6. The summed E-state index contributed by atoms with van der Waals surface area (Å²) in [6.45, 7) is 0.798. The van der Waals surface area contributed by atoms with Crippen LogP contribution in [0.3, 0.4) is 0 Å². The summed E-state index contributed by atoms with van der Waals surface area (Å²) in [7, 11) is 0. The van der Waals surface area contributed by atoms with Crippen LogP contribution in [0.1, 0.15) is 51.4 Å². The van der Waals surface area contributed by atoms with E-state index >= 15 is 0 Å². The topological polar surface area (TPSA) is 55.1 Å². The first-order valence-electron chi connectivity index (χ1n) is 6.78. The number of rotatable bonds is 4. The van der Waals surface area contributed by atoms with E-state index in [4.69, 9.17) is 5.73 Å². The molecule has 2 aliphatic carbocycles. The minimum Gasteiger partial charge on any atom is -0.356 e. The molecule has 92 valence electrons. The smallest absolute Gasteiger partial charge is 0.220 e. The number of nitrogens with one attached hydrogen (secondary N) is 1. The molecule has 2 aliphatic rings. The fourth-order valence-corrected chi connectivity index (χ4v) is 2.77. The lowest BCUT2D eigenvalue weighted by Gasteiger charge is -2.29. The molecular weight excluding hydrogens is 200 g/mol. The Bertz CT molecular complexity index is 238. The third-order valence-corrected chi connectivity index (χ3v) is 4.23. The van der Waals surface area contributed by atoms with Crippen LogP contribution in [0.5, 0.6) is 0 Å². The minimum atomic E-state index is 0.238. The molecule has 3 N–H and O–H groups in total. The molecule has 0 bridgehead atoms. The molecular formula is C13H24N2O. The molecule has 2 atom stereocenters. The van der Waals surface area contributed by atoms with Gasteiger partial charge in [0.05, 0.1) is 0 Å². The Morgan fingerprint density at radius 1 is 1.12 bits per heavy atom. The minimum absolute atomic E-state index is 0.238. The lowest BCUT2D eigenvalue weighted by Crippen LogP contribution is -2.41. The van der Waals surface area contributed by atoms with Gasteiger partial charge in [0, 0.05) is 19.0 Å². The highest BCUT2D eigenvalue weighted by atomic mass is 16.1. The van der Waals surface area contributed by atoms with Gasteiger partial charge in [0.1, 0.15) is 0 Å². The van der Waals surface area contributed by atoms with Gasteiger partial charge < -0.3 is 11.1 Å². The number of nitrogens with two attached hydrogens (primary N) is 1. The van der Waals surface area contributed by atoms with Crippen LogP contribution >= 0.6 is 0 Å². The summed E-state index contributed by atoms with van der Waals surface area (Å²) in [4.78, 5) is 11.6. The monoisotopic (exact) mass is 224 g/mol. The van der Waals surface area contributed by atoms with Crippen molar-refractivity contribution >= 4 is 5.91 Å². The Balaban J connectivity index is 1.63. The zero-order valence-corrected chi connectivity index (χ0v) is 10.1. The molecule has 3 nitrogen and oxygen atoms in total. The molecule has 16 heavy (non-hydrogen) atoms. The van der Waals surface area contributed by atoms with Gasteiger partial charge in [-0.2, -0.15) is 0 Å². The number of amides is 1. The van der Waals surface area contributed by atoms with Crippen LogP contribution in [0.2, 0.25) is 0 Å². The van der Waals surface area contributed by atoms with Crippen molar-refractivity contribution in [3.05, 3.63) is 0 Å². The van der Waals surface area contributed by atoms with Gasteiger partial charge in [0.2, 0.25) is 5.91 Å². The molecule has 0 saturated heterocycles. The summed E-state index contributed by atoms with van der Waals surface area (Å²) in [6.07, 6.45) is 9.39. The first-order chi connectivity index (χ1) is 7.75. The van der Waals surface area contributed by atoms with Gasteiger partial charge >= 0.3 is 0 Å². The predicted octanol–water partition coefficient (Wildman–Crippen LogP) is 1.81. The quantitative estimate of drug-likeness (QED) is 0.765. The van der Waals surface area contributed by atoms with Crippen LogP contribution in [0, 0.1) is 11.8 Å². The third-order valence-electron chi connectivity index (χ3n) is 4.23. The van der Waals surface area contributed by atoms with Crippen molar-refractivity contribution in [1.29, 1.82) is 0 Å². The van der Waals surface area contributed by atoms with Crippen molar-refractivity contribution < 1.29 is 4.79 Å². The summed E-state index contributed by atoms with van der Waals surface area (Å²) in [5.41, 5.74) is 6.05. The van der Waals surface area contributed by atoms with Gasteiger partial charge in [0.25, 0.3) is 0 Å². The van der Waals surface area contributed by atoms with Crippen molar-refractivity contribution in [1.82, 2.24) is 5.32 Å². The molecule has 0 aromatic rings. The Morgan fingerprint density at radius 2 is 1.88 bits per heavy atom. The normalized spacial score (nSPS) is 30.8. The molecule has 2 rings (SSSR count). The van der Waals surface area contributed by atoms with Crippen molar-refractivity contribution in [3.8, 4) is 0 Å². The van der Waals surface area contributed by atoms with Gasteiger partial charge in [-0.15, -0.1) is 0 Å². The zero-order valence-electron chi connectivity index (χ0n) is 10.1. The summed E-state index contributed by atoms with van der Waals surface area (Å²) in [5, 5.41) is 3.06. The van der Waals surface area contributed by atoms with E-state index in [2.05, 4.69) is 5.32 Å². The third kappa shape index (κ3) is 3.21. The first-order valence-corrected chi connectivity index (χ1v) is 6.78. The highest BCUT2D eigenvalue weighted by Gasteiger charge is 2.24. The van der Waals surface area contributed by atoms with Crippen LogP contribution in [0.4, 0.5) is 0 Å². The van der Waals surface area contributed by atoms with Gasteiger partial charge in [-0.3, -0.25) is 4.79 Å². The van der Waals surface area contributed by atoms with E-state index in [0.29, 0.717) is 17.9 Å². The van der Waals surface area contributed by atoms with Crippen LogP contribution in [-0.2, 0) is 4.79 Å². The van der Waals surface area contributed by atoms with E-state index in [1.54, 1.807) is 0 Å². The van der Waals surface area contributed by atoms with Gasteiger partial charge in [-0.05, 0) is 37.5 Å². The average molecular weight is 224 g/mol. The molecule has 0 spiro atoms. The van der Waals surface area contributed by atoms with Crippen molar-refractivity contribution in [2.75, 3.05) is 6.54 Å². The summed E-state index contributed by atoms with van der Waals surface area (Å²) in [5.74, 6) is 1.42. The van der Waals surface area contributed by atoms with Crippen LogP contribution < -0.4 is 11.1 Å². The summed E-state index contributed by atoms with van der Waals surface area (Å²) >= 11 is 0. The second-order valence-corrected chi connectivity index (χ2v) is 5.51. The van der Waals surface area contributed by atoms with Crippen molar-refractivity contribution in [2.45, 2.75) is 57.4 Å². The molecule has 0 aromatic heterocycles. The first kappa shape index (κ1) is 11.9. The molecule has 2 fully saturated rings. The SMILES string of the molecule is NC1CCCCC1CNC(=O)CC1CCC1. The molecule has 3 heteroatoms. The summed E-state index contributed by atoms with van der Waals surface area (Å²) in [6, 6.07) is 0.303. The molecule has 2 saturated carbocycles. The second kappa shape index (κ2) is 5.67. The lowest BCUT2D eigenvalue weighted by atomic mass is 9.82. The Kier molecular flexibility index (Phi) is 4.22. The largest absolute Gasteiger partial charge is 0.356 e. The van der Waals surface area contributed by atoms with Crippen molar-refractivity contribution in [2.24, 2.45) is 17.6 Å². The van der Waals surface area contributed by atoms with E-state index in [9.17, 15) is 4.79 Å². The standard InChI is InChI=1S/C13H24N2O/c14-12-7-2-1-6-11(12)9-15-13(16)8-10-4-3-5-10/h10-12H,1-9,14H2,(H,15,16). The van der Waals surface area contributed by atoms with E-state index in [1.807, 2.05) is 0 Å². The van der Waals surface area contributed by atoms with Gasteiger partial charge in [-0.25, -0.2) is 0 Å².